The van der Waals surface area contributed by atoms with Crippen LogP contribution in [0.2, 0.25) is 0 Å². The molecule has 0 heterocycles. The molecule has 2 aromatic rings. The van der Waals surface area contributed by atoms with Gasteiger partial charge in [0.1, 0.15) is 18.4 Å². The van der Waals surface area contributed by atoms with Crippen LogP contribution in [-0.4, -0.2) is 33.2 Å². The Labute approximate surface area is 173 Å². The maximum Gasteiger partial charge on any atom is 0.248 e. The quantitative estimate of drug-likeness (QED) is 0.626. The third kappa shape index (κ3) is 5.84. The standard InChI is InChI=1S/C22H28N2O4S/c1-6-14-28-20-12-9-18(10-13-20)23-22(25)21(7-2)24(29(5,26)27)19-11-8-16(3)17(4)15-19/h6,8-13,15,21H,1,7,14H2,2-5H3,(H,23,25)/t21-/m0/s1. The number of carbonyl (C=O) groups excluding carboxylic acids is 1. The summed E-state index contributed by atoms with van der Waals surface area (Å²) in [5.74, 6) is 0.263. The molecule has 0 radical (unpaired) electrons. The Morgan fingerprint density at radius 3 is 2.34 bits per heavy atom. The van der Waals surface area contributed by atoms with E-state index in [0.717, 1.165) is 17.4 Å². The van der Waals surface area contributed by atoms with Crippen LogP contribution >= 0.6 is 0 Å². The fourth-order valence-electron chi connectivity index (χ4n) is 2.94. The lowest BCUT2D eigenvalue weighted by Gasteiger charge is -2.30. The van der Waals surface area contributed by atoms with E-state index in [0.29, 0.717) is 30.2 Å². The maximum absolute atomic E-state index is 13.0. The summed E-state index contributed by atoms with van der Waals surface area (Å²) in [6, 6.07) is 11.4. The molecule has 2 aromatic carbocycles. The topological polar surface area (TPSA) is 75.7 Å². The van der Waals surface area contributed by atoms with Gasteiger partial charge in [0, 0.05) is 5.69 Å². The van der Waals surface area contributed by atoms with Gasteiger partial charge in [-0.25, -0.2) is 8.42 Å². The number of sulfonamides is 1. The summed E-state index contributed by atoms with van der Waals surface area (Å²) >= 11 is 0. The van der Waals surface area contributed by atoms with Crippen LogP contribution in [0.5, 0.6) is 5.75 Å². The zero-order valence-electron chi connectivity index (χ0n) is 17.3. The van der Waals surface area contributed by atoms with Crippen molar-refractivity contribution < 1.29 is 17.9 Å². The van der Waals surface area contributed by atoms with Gasteiger partial charge in [-0.3, -0.25) is 9.10 Å². The smallest absolute Gasteiger partial charge is 0.248 e. The average molecular weight is 417 g/mol. The van der Waals surface area contributed by atoms with E-state index in [1.54, 1.807) is 49.4 Å². The van der Waals surface area contributed by atoms with E-state index in [1.807, 2.05) is 19.9 Å². The van der Waals surface area contributed by atoms with E-state index >= 15 is 0 Å². The third-order valence-electron chi connectivity index (χ3n) is 4.56. The van der Waals surface area contributed by atoms with Crippen molar-refractivity contribution in [3.63, 3.8) is 0 Å². The van der Waals surface area contributed by atoms with Crippen LogP contribution < -0.4 is 14.4 Å². The van der Waals surface area contributed by atoms with Gasteiger partial charge in [-0.2, -0.15) is 0 Å². The molecule has 6 nitrogen and oxygen atoms in total. The number of amides is 1. The van der Waals surface area contributed by atoms with Crippen LogP contribution in [0.3, 0.4) is 0 Å². The third-order valence-corrected chi connectivity index (χ3v) is 5.74. The zero-order chi connectivity index (χ0) is 21.6. The van der Waals surface area contributed by atoms with Gasteiger partial charge in [0.15, 0.2) is 0 Å². The molecule has 7 heteroatoms. The van der Waals surface area contributed by atoms with Crippen LogP contribution in [0.4, 0.5) is 11.4 Å². The highest BCUT2D eigenvalue weighted by atomic mass is 32.2. The molecular weight excluding hydrogens is 388 g/mol. The van der Waals surface area contributed by atoms with Crippen molar-refractivity contribution in [2.24, 2.45) is 0 Å². The van der Waals surface area contributed by atoms with Gasteiger partial charge in [0.25, 0.3) is 0 Å². The van der Waals surface area contributed by atoms with Crippen LogP contribution in [0.25, 0.3) is 0 Å². The summed E-state index contributed by atoms with van der Waals surface area (Å²) < 4.78 is 31.7. The number of hydrogen-bond acceptors (Lipinski definition) is 4. The van der Waals surface area contributed by atoms with Gasteiger partial charge in [-0.15, -0.1) is 0 Å². The van der Waals surface area contributed by atoms with E-state index in [1.165, 1.54) is 4.31 Å². The summed E-state index contributed by atoms with van der Waals surface area (Å²) in [5.41, 5.74) is 3.05. The van der Waals surface area contributed by atoms with Crippen molar-refractivity contribution >= 4 is 27.3 Å². The first-order valence-electron chi connectivity index (χ1n) is 9.38. The number of nitrogens with zero attached hydrogens (tertiary/aromatic N) is 1. The van der Waals surface area contributed by atoms with E-state index in [2.05, 4.69) is 11.9 Å². The van der Waals surface area contributed by atoms with Crippen LogP contribution in [-0.2, 0) is 14.8 Å². The minimum absolute atomic E-state index is 0.326. The number of rotatable bonds is 9. The molecule has 29 heavy (non-hydrogen) atoms. The number of carbonyl (C=O) groups is 1. The van der Waals surface area contributed by atoms with Gasteiger partial charge in [0.05, 0.1) is 11.9 Å². The van der Waals surface area contributed by atoms with E-state index in [9.17, 15) is 13.2 Å². The highest BCUT2D eigenvalue weighted by molar-refractivity contribution is 7.92. The van der Waals surface area contributed by atoms with Gasteiger partial charge in [0.2, 0.25) is 15.9 Å². The Hall–Kier alpha value is -2.80. The molecule has 1 atom stereocenters. The fourth-order valence-corrected chi connectivity index (χ4v) is 4.14. The molecular formula is C22H28N2O4S. The van der Waals surface area contributed by atoms with E-state index < -0.39 is 22.0 Å². The molecule has 0 bridgehead atoms. The highest BCUT2D eigenvalue weighted by Crippen LogP contribution is 2.26. The second kappa shape index (κ2) is 9.60. The normalized spacial score (nSPS) is 12.1. The Morgan fingerprint density at radius 1 is 1.17 bits per heavy atom. The number of anilines is 2. The first kappa shape index (κ1) is 22.5. The molecule has 0 saturated carbocycles. The molecule has 156 valence electrons. The largest absolute Gasteiger partial charge is 0.490 e. The first-order valence-corrected chi connectivity index (χ1v) is 11.2. The van der Waals surface area contributed by atoms with Crippen molar-refractivity contribution in [2.45, 2.75) is 33.2 Å². The van der Waals surface area contributed by atoms with Crippen molar-refractivity contribution in [1.82, 2.24) is 0 Å². The molecule has 0 unspecified atom stereocenters. The second-order valence-corrected chi connectivity index (χ2v) is 8.72. The van der Waals surface area contributed by atoms with Crippen molar-refractivity contribution in [3.8, 4) is 5.75 Å². The Morgan fingerprint density at radius 2 is 1.83 bits per heavy atom. The van der Waals surface area contributed by atoms with Crippen molar-refractivity contribution in [3.05, 3.63) is 66.2 Å². The van der Waals surface area contributed by atoms with E-state index in [-0.39, 0.29) is 0 Å². The highest BCUT2D eigenvalue weighted by Gasteiger charge is 2.31. The number of ether oxygens (including phenoxy) is 1. The summed E-state index contributed by atoms with van der Waals surface area (Å²) in [5, 5.41) is 2.80. The van der Waals surface area contributed by atoms with Crippen LogP contribution in [0.1, 0.15) is 24.5 Å². The monoisotopic (exact) mass is 416 g/mol. The number of hydrogen-bond donors (Lipinski definition) is 1. The maximum atomic E-state index is 13.0. The SMILES string of the molecule is C=CCOc1ccc(NC(=O)[C@H](CC)N(c2ccc(C)c(C)c2)S(C)(=O)=O)cc1. The molecule has 0 fully saturated rings. The predicted octanol–water partition coefficient (Wildman–Crippen LogP) is 4.05. The zero-order valence-corrected chi connectivity index (χ0v) is 18.1. The fraction of sp³-hybridized carbons (Fsp3) is 0.318. The lowest BCUT2D eigenvalue weighted by atomic mass is 10.1. The molecule has 1 N–H and O–H groups in total. The van der Waals surface area contributed by atoms with Gasteiger partial charge in [-0.1, -0.05) is 25.6 Å². The molecule has 2 rings (SSSR count). The lowest BCUT2D eigenvalue weighted by Crippen LogP contribution is -2.47. The molecule has 1 amide bonds. The Bertz CT molecular complexity index is 969. The molecule has 0 aliphatic carbocycles. The molecule has 0 saturated heterocycles. The molecule has 0 aromatic heterocycles. The minimum atomic E-state index is -3.67. The van der Waals surface area contributed by atoms with Crippen molar-refractivity contribution in [1.29, 1.82) is 0 Å². The van der Waals surface area contributed by atoms with Gasteiger partial charge in [-0.05, 0) is 67.8 Å². The Balaban J connectivity index is 2.28. The summed E-state index contributed by atoms with van der Waals surface area (Å²) in [6.45, 7) is 9.64. The minimum Gasteiger partial charge on any atom is -0.490 e. The van der Waals surface area contributed by atoms with Crippen LogP contribution in [0, 0.1) is 13.8 Å². The second-order valence-electron chi connectivity index (χ2n) is 6.86. The van der Waals surface area contributed by atoms with Crippen LogP contribution in [0.15, 0.2) is 55.1 Å². The lowest BCUT2D eigenvalue weighted by molar-refractivity contribution is -0.117. The first-order chi connectivity index (χ1) is 13.7. The summed E-state index contributed by atoms with van der Waals surface area (Å²) in [6.07, 6.45) is 3.09. The predicted molar refractivity (Wildman–Crippen MR) is 118 cm³/mol. The number of aryl methyl sites for hydroxylation is 2. The molecule has 0 aliphatic heterocycles. The average Bonchev–Trinajstić information content (AvgIpc) is 2.66. The number of benzene rings is 2. The summed E-state index contributed by atoms with van der Waals surface area (Å²) in [4.78, 5) is 13.0. The Kier molecular flexibility index (Phi) is 7.45. The molecule has 0 aliphatic rings. The number of nitrogens with one attached hydrogen (secondary N) is 1. The van der Waals surface area contributed by atoms with E-state index in [4.69, 9.17) is 4.74 Å². The van der Waals surface area contributed by atoms with Crippen molar-refractivity contribution in [2.75, 3.05) is 22.5 Å². The summed E-state index contributed by atoms with van der Waals surface area (Å²) in [7, 11) is -3.67. The van der Waals surface area contributed by atoms with Gasteiger partial charge >= 0.3 is 0 Å². The van der Waals surface area contributed by atoms with Gasteiger partial charge < -0.3 is 10.1 Å². The molecule has 0 spiro atoms.